The van der Waals surface area contributed by atoms with Crippen LogP contribution in [0.4, 0.5) is 5.13 Å². The van der Waals surface area contributed by atoms with E-state index in [1.807, 2.05) is 42.2 Å². The number of anilines is 1. The van der Waals surface area contributed by atoms with Gasteiger partial charge in [0.25, 0.3) is 0 Å². The lowest BCUT2D eigenvalue weighted by Gasteiger charge is -2.21. The maximum atomic E-state index is 13.1. The zero-order valence-electron chi connectivity index (χ0n) is 18.1. The molecule has 1 heterocycles. The van der Waals surface area contributed by atoms with E-state index in [0.29, 0.717) is 18.0 Å². The lowest BCUT2D eigenvalue weighted by atomic mass is 10.2. The average Bonchev–Trinajstić information content (AvgIpc) is 3.13. The van der Waals surface area contributed by atoms with Crippen LogP contribution in [0.1, 0.15) is 24.8 Å². The van der Waals surface area contributed by atoms with E-state index in [-0.39, 0.29) is 18.3 Å². The van der Waals surface area contributed by atoms with E-state index in [1.165, 1.54) is 4.90 Å². The number of halogens is 2. The van der Waals surface area contributed by atoms with E-state index >= 15 is 0 Å². The third-order valence-electron chi connectivity index (χ3n) is 4.70. The van der Waals surface area contributed by atoms with Crippen molar-refractivity contribution in [3.63, 3.8) is 0 Å². The first kappa shape index (κ1) is 25.9. The van der Waals surface area contributed by atoms with Crippen LogP contribution >= 0.6 is 47.1 Å². The molecule has 0 aliphatic rings. The first-order valence-electron chi connectivity index (χ1n) is 10.1. The predicted octanol–water partition coefficient (Wildman–Crippen LogP) is 6.54. The number of carbonyl (C=O) groups is 1. The average molecular weight is 499 g/mol. The number of fused-ring (bicyclic) bond motifs is 1. The van der Waals surface area contributed by atoms with Crippen LogP contribution in [0, 0.1) is 6.92 Å². The third kappa shape index (κ3) is 7.65. The Morgan fingerprint density at radius 1 is 1.13 bits per heavy atom. The van der Waals surface area contributed by atoms with Crippen molar-refractivity contribution in [2.45, 2.75) is 31.1 Å². The summed E-state index contributed by atoms with van der Waals surface area (Å²) in [6.07, 6.45) is 2.28. The Hall–Kier alpha value is -1.31. The van der Waals surface area contributed by atoms with Gasteiger partial charge in [-0.25, -0.2) is 4.98 Å². The van der Waals surface area contributed by atoms with Crippen LogP contribution in [-0.2, 0) is 4.79 Å². The molecule has 1 aromatic heterocycles. The number of nitrogens with zero attached hydrogens (tertiary/aromatic N) is 3. The maximum absolute atomic E-state index is 13.1. The lowest BCUT2D eigenvalue weighted by Crippen LogP contribution is -2.33. The number of aromatic nitrogens is 1. The second kappa shape index (κ2) is 12.7. The highest BCUT2D eigenvalue weighted by atomic mass is 35.5. The first-order valence-corrected chi connectivity index (χ1v) is 12.3. The largest absolute Gasteiger partial charge is 0.309 e. The highest BCUT2D eigenvalue weighted by molar-refractivity contribution is 7.99. The Bertz CT molecular complexity index is 980. The van der Waals surface area contributed by atoms with Crippen molar-refractivity contribution in [2.75, 3.05) is 37.8 Å². The second-order valence-corrected chi connectivity index (χ2v) is 10.1. The summed E-state index contributed by atoms with van der Waals surface area (Å²) in [5.41, 5.74) is 1.98. The van der Waals surface area contributed by atoms with Crippen LogP contribution in [-0.4, -0.2) is 48.7 Å². The minimum Gasteiger partial charge on any atom is -0.309 e. The zero-order valence-corrected chi connectivity index (χ0v) is 21.3. The van der Waals surface area contributed by atoms with Gasteiger partial charge in [-0.15, -0.1) is 24.2 Å². The summed E-state index contributed by atoms with van der Waals surface area (Å²) < 4.78 is 1.03. The Balaban J connectivity index is 0.00000341. The van der Waals surface area contributed by atoms with Gasteiger partial charge in [0.05, 0.1) is 10.2 Å². The van der Waals surface area contributed by atoms with Gasteiger partial charge in [0.15, 0.2) is 5.13 Å². The number of amides is 1. The Labute approximate surface area is 204 Å². The SMILES string of the molecule is Cc1cc(Cl)cc2sc(N(CCCN(C)C)C(=O)CCCSc3ccccc3)nc12.Cl. The molecule has 168 valence electrons. The fourth-order valence-corrected chi connectivity index (χ4v) is 5.53. The second-order valence-electron chi connectivity index (χ2n) is 7.53. The highest BCUT2D eigenvalue weighted by Gasteiger charge is 2.20. The molecule has 0 unspecified atom stereocenters. The summed E-state index contributed by atoms with van der Waals surface area (Å²) in [5, 5.41) is 1.48. The van der Waals surface area contributed by atoms with Gasteiger partial charge < -0.3 is 4.90 Å². The molecule has 0 bridgehead atoms. The molecule has 0 aliphatic carbocycles. The van der Waals surface area contributed by atoms with Gasteiger partial charge in [0.1, 0.15) is 0 Å². The molecule has 0 saturated heterocycles. The third-order valence-corrected chi connectivity index (χ3v) is 7.05. The molecule has 0 aliphatic heterocycles. The lowest BCUT2D eigenvalue weighted by molar-refractivity contribution is -0.118. The number of hydrogen-bond acceptors (Lipinski definition) is 5. The van der Waals surface area contributed by atoms with Crippen molar-refractivity contribution < 1.29 is 4.79 Å². The highest BCUT2D eigenvalue weighted by Crippen LogP contribution is 2.33. The molecule has 0 spiro atoms. The molecule has 4 nitrogen and oxygen atoms in total. The van der Waals surface area contributed by atoms with Gasteiger partial charge in [0.2, 0.25) is 5.91 Å². The number of carbonyl (C=O) groups excluding carboxylic acids is 1. The van der Waals surface area contributed by atoms with Gasteiger partial charge in [-0.3, -0.25) is 9.69 Å². The molecule has 3 rings (SSSR count). The molecule has 31 heavy (non-hydrogen) atoms. The fraction of sp³-hybridized carbons (Fsp3) is 0.391. The Morgan fingerprint density at radius 2 is 1.87 bits per heavy atom. The quantitative estimate of drug-likeness (QED) is 0.235. The van der Waals surface area contributed by atoms with Crippen LogP contribution in [0.15, 0.2) is 47.4 Å². The van der Waals surface area contributed by atoms with Gasteiger partial charge >= 0.3 is 0 Å². The molecule has 8 heteroatoms. The predicted molar refractivity (Wildman–Crippen MR) is 139 cm³/mol. The van der Waals surface area contributed by atoms with Gasteiger partial charge in [-0.2, -0.15) is 0 Å². The van der Waals surface area contributed by atoms with Crippen molar-refractivity contribution >= 4 is 68.4 Å². The normalized spacial score (nSPS) is 11.0. The molecule has 1 amide bonds. The van der Waals surface area contributed by atoms with Gasteiger partial charge in [0, 0.05) is 22.9 Å². The summed E-state index contributed by atoms with van der Waals surface area (Å²) in [6.45, 7) is 3.62. The number of thiazole rings is 1. The maximum Gasteiger partial charge on any atom is 0.228 e. The number of thioether (sulfide) groups is 1. The topological polar surface area (TPSA) is 36.4 Å². The number of rotatable bonds is 10. The molecule has 2 aromatic carbocycles. The van der Waals surface area contributed by atoms with E-state index < -0.39 is 0 Å². The molecule has 0 fully saturated rings. The summed E-state index contributed by atoms with van der Waals surface area (Å²) in [5.74, 6) is 1.07. The van der Waals surface area contributed by atoms with E-state index in [2.05, 4.69) is 31.1 Å². The summed E-state index contributed by atoms with van der Waals surface area (Å²) in [4.78, 5) is 23.1. The van der Waals surface area contributed by atoms with Gasteiger partial charge in [-0.05, 0) is 76.0 Å². The van der Waals surface area contributed by atoms with E-state index in [0.717, 1.165) is 46.1 Å². The first-order chi connectivity index (χ1) is 14.4. The standard InChI is InChI=1S/C23H28ClN3OS2.ClH/c1-17-15-18(24)16-20-22(17)25-23(30-20)27(13-8-12-26(2)3)21(28)11-7-14-29-19-9-5-4-6-10-19;/h4-6,9-10,15-16H,7-8,11-14H2,1-3H3;1H. The van der Waals surface area contributed by atoms with Crippen molar-refractivity contribution in [3.8, 4) is 0 Å². The number of hydrogen-bond donors (Lipinski definition) is 0. The Kier molecular flexibility index (Phi) is 10.6. The molecular weight excluding hydrogens is 469 g/mol. The summed E-state index contributed by atoms with van der Waals surface area (Å²) in [6, 6.07) is 14.2. The Morgan fingerprint density at radius 3 is 2.58 bits per heavy atom. The summed E-state index contributed by atoms with van der Waals surface area (Å²) in [7, 11) is 4.10. The molecule has 0 atom stereocenters. The number of benzene rings is 2. The van der Waals surface area contributed by atoms with Crippen molar-refractivity contribution in [3.05, 3.63) is 53.1 Å². The summed E-state index contributed by atoms with van der Waals surface area (Å²) >= 11 is 9.56. The fourth-order valence-electron chi connectivity index (χ4n) is 3.20. The van der Waals surface area contributed by atoms with Crippen LogP contribution in [0.2, 0.25) is 5.02 Å². The van der Waals surface area contributed by atoms with Crippen molar-refractivity contribution in [1.82, 2.24) is 9.88 Å². The number of aryl methyl sites for hydroxylation is 1. The van der Waals surface area contributed by atoms with Crippen LogP contribution in [0.3, 0.4) is 0 Å². The monoisotopic (exact) mass is 497 g/mol. The minimum absolute atomic E-state index is 0. The van der Waals surface area contributed by atoms with Crippen molar-refractivity contribution in [2.24, 2.45) is 0 Å². The molecule has 0 radical (unpaired) electrons. The minimum atomic E-state index is 0. The van der Waals surface area contributed by atoms with E-state index in [4.69, 9.17) is 16.6 Å². The van der Waals surface area contributed by atoms with Crippen LogP contribution in [0.5, 0.6) is 0 Å². The zero-order chi connectivity index (χ0) is 21.5. The molecule has 0 saturated carbocycles. The van der Waals surface area contributed by atoms with Crippen molar-refractivity contribution in [1.29, 1.82) is 0 Å². The molecular formula is C23H29Cl2N3OS2. The molecule has 3 aromatic rings. The molecule has 0 N–H and O–H groups in total. The van der Waals surface area contributed by atoms with Gasteiger partial charge in [-0.1, -0.05) is 41.1 Å². The van der Waals surface area contributed by atoms with E-state index in [1.54, 1.807) is 23.1 Å². The smallest absolute Gasteiger partial charge is 0.228 e. The van der Waals surface area contributed by atoms with Crippen LogP contribution < -0.4 is 4.90 Å². The van der Waals surface area contributed by atoms with Crippen LogP contribution in [0.25, 0.3) is 10.2 Å². The van der Waals surface area contributed by atoms with E-state index in [9.17, 15) is 4.79 Å².